The summed E-state index contributed by atoms with van der Waals surface area (Å²) in [5.41, 5.74) is 11.1. The van der Waals surface area contributed by atoms with Gasteiger partial charge in [-0.1, -0.05) is 11.8 Å². The highest BCUT2D eigenvalue weighted by Gasteiger charge is 2.07. The van der Waals surface area contributed by atoms with Crippen molar-refractivity contribution < 1.29 is 9.59 Å². The number of hydrogen-bond donors (Lipinski definition) is 2. The summed E-state index contributed by atoms with van der Waals surface area (Å²) in [4.78, 5) is 30.3. The zero-order valence-electron chi connectivity index (χ0n) is 9.74. The van der Waals surface area contributed by atoms with Crippen molar-refractivity contribution in [3.63, 3.8) is 0 Å². The number of carbonyl (C=O) groups excluding carboxylic acids is 2. The van der Waals surface area contributed by atoms with Gasteiger partial charge >= 0.3 is 0 Å². The molecule has 0 bridgehead atoms. The maximum absolute atomic E-state index is 11.1. The van der Waals surface area contributed by atoms with E-state index in [2.05, 4.69) is 9.97 Å². The van der Waals surface area contributed by atoms with Crippen LogP contribution in [0.2, 0.25) is 0 Å². The van der Waals surface area contributed by atoms with Gasteiger partial charge < -0.3 is 11.5 Å². The van der Waals surface area contributed by atoms with E-state index in [1.165, 1.54) is 36.3 Å². The highest BCUT2D eigenvalue weighted by atomic mass is 32.2. The van der Waals surface area contributed by atoms with Crippen LogP contribution in [0.25, 0.3) is 0 Å². The predicted octanol–water partition coefficient (Wildman–Crippen LogP) is 0.826. The number of carbonyl (C=O) groups is 2. The lowest BCUT2D eigenvalue weighted by atomic mass is 10.3. The van der Waals surface area contributed by atoms with Crippen LogP contribution in [-0.2, 0) is 0 Å². The molecular weight excluding hydrogens is 264 g/mol. The van der Waals surface area contributed by atoms with Crippen molar-refractivity contribution in [3.05, 3.63) is 47.8 Å². The fourth-order valence-corrected chi connectivity index (χ4v) is 2.16. The Labute approximate surface area is 113 Å². The van der Waals surface area contributed by atoms with E-state index in [0.717, 1.165) is 0 Å². The molecule has 0 fully saturated rings. The van der Waals surface area contributed by atoms with Crippen molar-refractivity contribution in [1.29, 1.82) is 0 Å². The topological polar surface area (TPSA) is 112 Å². The third-order valence-corrected chi connectivity index (χ3v) is 3.11. The minimum atomic E-state index is -0.525. The Morgan fingerprint density at radius 1 is 0.895 bits per heavy atom. The average Bonchev–Trinajstić information content (AvgIpc) is 2.39. The second kappa shape index (κ2) is 5.49. The van der Waals surface area contributed by atoms with E-state index in [0.29, 0.717) is 21.2 Å². The summed E-state index contributed by atoms with van der Waals surface area (Å²) in [5.74, 6) is -1.05. The molecular formula is C12H10N4O2S. The van der Waals surface area contributed by atoms with Gasteiger partial charge in [0.05, 0.1) is 0 Å². The monoisotopic (exact) mass is 274 g/mol. The summed E-state index contributed by atoms with van der Waals surface area (Å²) in [7, 11) is 0. The fraction of sp³-hybridized carbons (Fsp3) is 0. The van der Waals surface area contributed by atoms with E-state index in [9.17, 15) is 9.59 Å². The number of amides is 2. The molecule has 4 N–H and O–H groups in total. The molecule has 2 rings (SSSR count). The van der Waals surface area contributed by atoms with Crippen molar-refractivity contribution in [3.8, 4) is 0 Å². The van der Waals surface area contributed by atoms with Crippen LogP contribution in [0.15, 0.2) is 46.7 Å². The number of primary amides is 2. The maximum Gasteiger partial charge on any atom is 0.248 e. The number of hydrogen-bond acceptors (Lipinski definition) is 5. The van der Waals surface area contributed by atoms with Gasteiger partial charge in [0.2, 0.25) is 11.8 Å². The van der Waals surface area contributed by atoms with Gasteiger partial charge in [-0.2, -0.15) is 0 Å². The molecule has 0 aromatic carbocycles. The molecule has 2 aromatic heterocycles. The van der Waals surface area contributed by atoms with Crippen molar-refractivity contribution in [2.75, 3.05) is 0 Å². The van der Waals surface area contributed by atoms with Crippen LogP contribution in [0.4, 0.5) is 0 Å². The summed E-state index contributed by atoms with van der Waals surface area (Å²) in [6.07, 6.45) is 2.97. The minimum absolute atomic E-state index is 0.364. The zero-order chi connectivity index (χ0) is 13.8. The van der Waals surface area contributed by atoms with Crippen LogP contribution in [0.5, 0.6) is 0 Å². The first kappa shape index (κ1) is 13.0. The third kappa shape index (κ3) is 3.29. The van der Waals surface area contributed by atoms with Crippen LogP contribution in [0.1, 0.15) is 20.7 Å². The van der Waals surface area contributed by atoms with Crippen LogP contribution in [0.3, 0.4) is 0 Å². The van der Waals surface area contributed by atoms with E-state index in [1.54, 1.807) is 12.1 Å². The van der Waals surface area contributed by atoms with E-state index in [-0.39, 0.29) is 0 Å². The van der Waals surface area contributed by atoms with E-state index in [4.69, 9.17) is 11.5 Å². The molecule has 96 valence electrons. The van der Waals surface area contributed by atoms with Crippen LogP contribution in [0, 0.1) is 0 Å². The maximum atomic E-state index is 11.1. The number of aromatic nitrogens is 2. The van der Waals surface area contributed by atoms with E-state index in [1.807, 2.05) is 0 Å². The smallest absolute Gasteiger partial charge is 0.248 e. The SMILES string of the molecule is NC(=O)c1ccnc(Sc2cc(C(N)=O)ccn2)c1. The van der Waals surface area contributed by atoms with Crippen molar-refractivity contribution >= 4 is 23.6 Å². The standard InChI is InChI=1S/C12H10N4O2S/c13-11(17)7-1-3-15-9(5-7)19-10-6-8(12(14)18)2-4-16-10/h1-6H,(H2,13,17)(H2,14,18). The van der Waals surface area contributed by atoms with Gasteiger partial charge in [0.1, 0.15) is 10.1 Å². The largest absolute Gasteiger partial charge is 0.366 e. The zero-order valence-corrected chi connectivity index (χ0v) is 10.6. The van der Waals surface area contributed by atoms with Gasteiger partial charge in [-0.25, -0.2) is 9.97 Å². The lowest BCUT2D eigenvalue weighted by molar-refractivity contribution is 0.0991. The third-order valence-electron chi connectivity index (χ3n) is 2.25. The molecule has 0 aliphatic carbocycles. The van der Waals surface area contributed by atoms with Gasteiger partial charge in [-0.15, -0.1) is 0 Å². The van der Waals surface area contributed by atoms with E-state index < -0.39 is 11.8 Å². The molecule has 2 amide bonds. The molecule has 0 aliphatic heterocycles. The molecule has 0 spiro atoms. The van der Waals surface area contributed by atoms with Gasteiger partial charge in [0.25, 0.3) is 0 Å². The summed E-state index contributed by atoms with van der Waals surface area (Å²) in [5, 5.41) is 1.12. The molecule has 0 atom stereocenters. The van der Waals surface area contributed by atoms with Crippen LogP contribution >= 0.6 is 11.8 Å². The van der Waals surface area contributed by atoms with Crippen LogP contribution in [-0.4, -0.2) is 21.8 Å². The Hall–Kier alpha value is -2.41. The summed E-state index contributed by atoms with van der Waals surface area (Å²) >= 11 is 1.21. The molecule has 2 aromatic rings. The molecule has 0 aliphatic rings. The van der Waals surface area contributed by atoms with Crippen LogP contribution < -0.4 is 11.5 Å². The quantitative estimate of drug-likeness (QED) is 0.857. The molecule has 6 nitrogen and oxygen atoms in total. The molecule has 0 saturated carbocycles. The minimum Gasteiger partial charge on any atom is -0.366 e. The number of nitrogens with two attached hydrogens (primary N) is 2. The Kier molecular flexibility index (Phi) is 3.76. The lowest BCUT2D eigenvalue weighted by Crippen LogP contribution is -2.11. The molecule has 0 radical (unpaired) electrons. The Bertz CT molecular complexity index is 590. The molecule has 2 heterocycles. The first-order chi connectivity index (χ1) is 9.06. The number of nitrogens with zero attached hydrogens (tertiary/aromatic N) is 2. The average molecular weight is 274 g/mol. The predicted molar refractivity (Wildman–Crippen MR) is 69.6 cm³/mol. The van der Waals surface area contributed by atoms with Gasteiger partial charge in [0.15, 0.2) is 0 Å². The molecule has 0 saturated heterocycles. The Morgan fingerprint density at radius 3 is 1.68 bits per heavy atom. The highest BCUT2D eigenvalue weighted by Crippen LogP contribution is 2.24. The summed E-state index contributed by atoms with van der Waals surface area (Å²) in [6.45, 7) is 0. The summed E-state index contributed by atoms with van der Waals surface area (Å²) in [6, 6.07) is 6.18. The fourth-order valence-electron chi connectivity index (χ4n) is 1.34. The molecule has 19 heavy (non-hydrogen) atoms. The van der Waals surface area contributed by atoms with Crippen molar-refractivity contribution in [1.82, 2.24) is 9.97 Å². The first-order valence-electron chi connectivity index (χ1n) is 5.26. The normalized spacial score (nSPS) is 10.1. The molecule has 0 unspecified atom stereocenters. The van der Waals surface area contributed by atoms with Gasteiger partial charge in [-0.3, -0.25) is 9.59 Å². The van der Waals surface area contributed by atoms with E-state index >= 15 is 0 Å². The summed E-state index contributed by atoms with van der Waals surface area (Å²) < 4.78 is 0. The van der Waals surface area contributed by atoms with Crippen molar-refractivity contribution in [2.45, 2.75) is 10.1 Å². The number of rotatable bonds is 4. The van der Waals surface area contributed by atoms with Gasteiger partial charge in [0, 0.05) is 23.5 Å². The number of pyridine rings is 2. The Balaban J connectivity index is 2.26. The lowest BCUT2D eigenvalue weighted by Gasteiger charge is -2.02. The highest BCUT2D eigenvalue weighted by molar-refractivity contribution is 7.99. The van der Waals surface area contributed by atoms with Gasteiger partial charge in [-0.05, 0) is 24.3 Å². The Morgan fingerprint density at radius 2 is 1.32 bits per heavy atom. The van der Waals surface area contributed by atoms with Crippen molar-refractivity contribution in [2.24, 2.45) is 11.5 Å². The second-order valence-electron chi connectivity index (χ2n) is 3.60. The second-order valence-corrected chi connectivity index (χ2v) is 4.64. The molecule has 7 heteroatoms. The first-order valence-corrected chi connectivity index (χ1v) is 6.07.